The minimum Gasteiger partial charge on any atom is -0.320 e. The van der Waals surface area contributed by atoms with Crippen LogP contribution in [0, 0.1) is 0 Å². The van der Waals surface area contributed by atoms with E-state index in [4.69, 9.17) is 4.52 Å². The van der Waals surface area contributed by atoms with Crippen molar-refractivity contribution in [3.8, 4) is 0 Å². The van der Waals surface area contributed by atoms with Crippen molar-refractivity contribution in [2.45, 2.75) is 51.4 Å². The first kappa shape index (κ1) is 20.0. The highest BCUT2D eigenvalue weighted by molar-refractivity contribution is 9.10. The number of likely N-dealkylation sites (tertiary alicyclic amines) is 1. The lowest BCUT2D eigenvalue weighted by Gasteiger charge is -2.26. The van der Waals surface area contributed by atoms with E-state index in [1.54, 1.807) is 19.1 Å². The van der Waals surface area contributed by atoms with Crippen LogP contribution in [-0.4, -0.2) is 29.0 Å². The molecule has 2 unspecified atom stereocenters. The Balaban J connectivity index is 2.21. The summed E-state index contributed by atoms with van der Waals surface area (Å²) >= 11 is 3.12. The first-order valence-corrected chi connectivity index (χ1v) is 10.4. The minimum atomic E-state index is -5.13. The zero-order valence-corrected chi connectivity index (χ0v) is 16.3. The van der Waals surface area contributed by atoms with Gasteiger partial charge in [-0.1, -0.05) is 35.0 Å². The van der Waals surface area contributed by atoms with Crippen LogP contribution in [0.25, 0.3) is 0 Å². The van der Waals surface area contributed by atoms with Gasteiger partial charge in [0.2, 0.25) is 0 Å². The van der Waals surface area contributed by atoms with E-state index in [1.807, 2.05) is 0 Å². The van der Waals surface area contributed by atoms with E-state index in [2.05, 4.69) is 20.8 Å². The molecule has 1 saturated heterocycles. The van der Waals surface area contributed by atoms with Crippen molar-refractivity contribution in [1.82, 2.24) is 4.90 Å². The smallest absolute Gasteiger partial charge is 0.320 e. The van der Waals surface area contributed by atoms with Crippen LogP contribution >= 0.6 is 23.5 Å². The lowest BCUT2D eigenvalue weighted by atomic mass is 10.1. The number of nitrogens with zero attached hydrogens (tertiary/aromatic N) is 1. The van der Waals surface area contributed by atoms with Crippen LogP contribution in [0.1, 0.15) is 44.2 Å². The molecule has 8 heteroatoms. The van der Waals surface area contributed by atoms with Crippen LogP contribution in [0.5, 0.6) is 0 Å². The van der Waals surface area contributed by atoms with Gasteiger partial charge < -0.3 is 9.42 Å². The molecule has 1 aromatic carbocycles. The number of hydrogen-bond donors (Lipinski definition) is 1. The third-order valence-electron chi connectivity index (χ3n) is 4.22. The quantitative estimate of drug-likeness (QED) is 0.617. The normalized spacial score (nSPS) is 20.1. The average Bonchev–Trinajstić information content (AvgIpc) is 2.99. The zero-order valence-electron chi connectivity index (χ0n) is 13.8. The number of halogens is 3. The van der Waals surface area contributed by atoms with Crippen LogP contribution in [0.4, 0.5) is 8.78 Å². The summed E-state index contributed by atoms with van der Waals surface area (Å²) in [5.74, 6) is 0. The highest BCUT2D eigenvalue weighted by Gasteiger charge is 2.54. The highest BCUT2D eigenvalue weighted by Crippen LogP contribution is 2.64. The molecule has 1 aromatic rings. The molecule has 1 fully saturated rings. The van der Waals surface area contributed by atoms with Gasteiger partial charge in [0.05, 0.1) is 6.10 Å². The van der Waals surface area contributed by atoms with E-state index >= 15 is 0 Å². The summed E-state index contributed by atoms with van der Waals surface area (Å²) in [4.78, 5) is 12.0. The molecule has 2 rings (SSSR count). The molecule has 1 aliphatic heterocycles. The number of hydrogen-bond acceptors (Lipinski definition) is 3. The fourth-order valence-electron chi connectivity index (χ4n) is 2.64. The van der Waals surface area contributed by atoms with Gasteiger partial charge in [0, 0.05) is 16.6 Å². The third-order valence-corrected chi connectivity index (χ3v) is 6.47. The molecule has 0 aromatic heterocycles. The summed E-state index contributed by atoms with van der Waals surface area (Å²) in [5, 5.41) is 0. The Kier molecular flexibility index (Phi) is 6.59. The monoisotopic (exact) mass is 425 g/mol. The average molecular weight is 426 g/mol. The molecule has 1 N–H and O–H groups in total. The summed E-state index contributed by atoms with van der Waals surface area (Å²) in [6.07, 6.45) is 1.95. The SMILES string of the molecule is CCC(C)OP(=O)(O)C(F)(F)c1ccc(CN2CCCC2)cc1Br. The van der Waals surface area contributed by atoms with Gasteiger partial charge in [-0.3, -0.25) is 9.46 Å². The summed E-state index contributed by atoms with van der Waals surface area (Å²) in [6.45, 7) is 5.89. The second-order valence-corrected chi connectivity index (χ2v) is 8.85. The molecule has 0 spiro atoms. The lowest BCUT2D eigenvalue weighted by molar-refractivity contribution is 0.0341. The Labute approximate surface area is 149 Å². The Hall–Kier alpha value is -0.330. The highest BCUT2D eigenvalue weighted by atomic mass is 79.9. The van der Waals surface area contributed by atoms with Crippen molar-refractivity contribution in [3.05, 3.63) is 33.8 Å². The molecule has 1 heterocycles. The summed E-state index contributed by atoms with van der Waals surface area (Å²) in [7, 11) is -5.13. The molecule has 2 atom stereocenters. The molecule has 136 valence electrons. The number of alkyl halides is 2. The summed E-state index contributed by atoms with van der Waals surface area (Å²) < 4.78 is 46.0. The standard InChI is InChI=1S/C16H23BrF2NO3P/c1-3-12(2)23-24(21,22)16(18,19)14-7-6-13(10-15(14)17)11-20-8-4-5-9-20/h6-7,10,12H,3-5,8-9,11H2,1-2H3,(H,21,22). The van der Waals surface area contributed by atoms with Gasteiger partial charge in [-0.15, -0.1) is 0 Å². The molecule has 24 heavy (non-hydrogen) atoms. The van der Waals surface area contributed by atoms with Crippen molar-refractivity contribution < 1.29 is 22.8 Å². The van der Waals surface area contributed by atoms with Crippen molar-refractivity contribution in [2.24, 2.45) is 0 Å². The van der Waals surface area contributed by atoms with Gasteiger partial charge in [-0.2, -0.15) is 8.78 Å². The zero-order chi connectivity index (χ0) is 18.0. The molecule has 0 aliphatic carbocycles. The maximum absolute atomic E-state index is 14.5. The van der Waals surface area contributed by atoms with Crippen LogP contribution in [0.2, 0.25) is 0 Å². The van der Waals surface area contributed by atoms with Gasteiger partial charge >= 0.3 is 13.3 Å². The largest absolute Gasteiger partial charge is 0.402 e. The molecular formula is C16H23BrF2NO3P. The maximum Gasteiger partial charge on any atom is 0.402 e. The molecule has 0 bridgehead atoms. The Morgan fingerprint density at radius 3 is 2.58 bits per heavy atom. The molecule has 0 amide bonds. The predicted octanol–water partition coefficient (Wildman–Crippen LogP) is 5.09. The Morgan fingerprint density at radius 2 is 2.04 bits per heavy atom. The lowest BCUT2D eigenvalue weighted by Crippen LogP contribution is -2.21. The Morgan fingerprint density at radius 1 is 1.42 bits per heavy atom. The van der Waals surface area contributed by atoms with Gasteiger partial charge in [0.15, 0.2) is 0 Å². The van der Waals surface area contributed by atoms with E-state index in [9.17, 15) is 18.2 Å². The Bertz CT molecular complexity index is 623. The van der Waals surface area contributed by atoms with Gasteiger partial charge in [-0.05, 0) is 50.9 Å². The third kappa shape index (κ3) is 4.44. The summed E-state index contributed by atoms with van der Waals surface area (Å²) in [5.41, 5.74) is -3.61. The van der Waals surface area contributed by atoms with Gasteiger partial charge in [0.25, 0.3) is 0 Å². The van der Waals surface area contributed by atoms with E-state index in [1.165, 1.54) is 13.0 Å². The van der Waals surface area contributed by atoms with E-state index in [0.717, 1.165) is 31.5 Å². The fraction of sp³-hybridized carbons (Fsp3) is 0.625. The maximum atomic E-state index is 14.5. The van der Waals surface area contributed by atoms with Crippen LogP contribution in [-0.2, 0) is 21.3 Å². The van der Waals surface area contributed by atoms with Gasteiger partial charge in [-0.25, -0.2) is 0 Å². The first-order chi connectivity index (χ1) is 11.2. The first-order valence-electron chi connectivity index (χ1n) is 8.07. The second kappa shape index (κ2) is 7.92. The summed E-state index contributed by atoms with van der Waals surface area (Å²) in [6, 6.07) is 4.37. The van der Waals surface area contributed by atoms with Crippen LogP contribution < -0.4 is 0 Å². The molecule has 0 radical (unpaired) electrons. The second-order valence-electron chi connectivity index (χ2n) is 6.18. The topological polar surface area (TPSA) is 49.8 Å². The van der Waals surface area contributed by atoms with Crippen molar-refractivity contribution in [2.75, 3.05) is 13.1 Å². The van der Waals surface area contributed by atoms with Crippen molar-refractivity contribution in [1.29, 1.82) is 0 Å². The van der Waals surface area contributed by atoms with Gasteiger partial charge in [0.1, 0.15) is 0 Å². The van der Waals surface area contributed by atoms with E-state index in [0.29, 0.717) is 13.0 Å². The van der Waals surface area contributed by atoms with Crippen LogP contribution in [0.15, 0.2) is 22.7 Å². The molecule has 0 saturated carbocycles. The van der Waals surface area contributed by atoms with E-state index < -0.39 is 24.9 Å². The minimum absolute atomic E-state index is 0.117. The van der Waals surface area contributed by atoms with Crippen molar-refractivity contribution in [3.63, 3.8) is 0 Å². The number of benzene rings is 1. The fourth-order valence-corrected chi connectivity index (χ4v) is 4.73. The molecular weight excluding hydrogens is 403 g/mol. The van der Waals surface area contributed by atoms with E-state index in [-0.39, 0.29) is 4.47 Å². The number of rotatable bonds is 7. The van der Waals surface area contributed by atoms with Crippen molar-refractivity contribution >= 4 is 23.5 Å². The molecule has 1 aliphatic rings. The predicted molar refractivity (Wildman–Crippen MR) is 93.2 cm³/mol. The molecule has 4 nitrogen and oxygen atoms in total. The van der Waals surface area contributed by atoms with Crippen LogP contribution in [0.3, 0.4) is 0 Å².